The average Bonchev–Trinajstić information content (AvgIpc) is 2.84. The number of benzene rings is 4. The first-order valence-electron chi connectivity index (χ1n) is 10.0. The van der Waals surface area contributed by atoms with Crippen molar-refractivity contribution in [3.05, 3.63) is 125 Å². The van der Waals surface area contributed by atoms with Gasteiger partial charge in [0.05, 0.1) is 5.92 Å². The maximum Gasteiger partial charge on any atom is 0.257 e. The largest absolute Gasteiger partial charge is 0.439 e. The Hall–Kier alpha value is -4.36. The first kappa shape index (κ1) is 18.7. The molecule has 4 nitrogen and oxygen atoms in total. The second-order valence-corrected chi connectivity index (χ2v) is 7.33. The van der Waals surface area contributed by atoms with Crippen molar-refractivity contribution >= 4 is 16.7 Å². The third kappa shape index (κ3) is 3.33. The lowest BCUT2D eigenvalue weighted by molar-refractivity contribution is 0.0948. The first-order chi connectivity index (χ1) is 15.3. The number of rotatable bonds is 3. The highest BCUT2D eigenvalue weighted by Gasteiger charge is 2.33. The van der Waals surface area contributed by atoms with Crippen LogP contribution in [-0.2, 0) is 0 Å². The fourth-order valence-electron chi connectivity index (χ4n) is 4.01. The number of amides is 1. The molecule has 0 aromatic heterocycles. The molecule has 1 heterocycles. The molecule has 0 saturated heterocycles. The molecule has 0 spiro atoms. The van der Waals surface area contributed by atoms with Crippen LogP contribution in [0.1, 0.15) is 27.4 Å². The predicted octanol–water partition coefficient (Wildman–Crippen LogP) is 5.53. The van der Waals surface area contributed by atoms with Gasteiger partial charge >= 0.3 is 0 Å². The SMILES string of the molecule is N#CC1=C(NC(=O)c2ccccc2)Oc2c(ccc3ccccc23)C1c1ccccc1. The van der Waals surface area contributed by atoms with Crippen molar-refractivity contribution in [2.24, 2.45) is 0 Å². The van der Waals surface area contributed by atoms with E-state index in [1.165, 1.54) is 0 Å². The molecule has 1 N–H and O–H groups in total. The Morgan fingerprint density at radius 2 is 1.52 bits per heavy atom. The van der Waals surface area contributed by atoms with Gasteiger partial charge in [0.1, 0.15) is 17.4 Å². The number of allylic oxidation sites excluding steroid dienone is 1. The van der Waals surface area contributed by atoms with Gasteiger partial charge in [0.15, 0.2) is 0 Å². The quantitative estimate of drug-likeness (QED) is 0.490. The van der Waals surface area contributed by atoms with Gasteiger partial charge in [-0.15, -0.1) is 0 Å². The Balaban J connectivity index is 1.69. The van der Waals surface area contributed by atoms with E-state index >= 15 is 0 Å². The van der Waals surface area contributed by atoms with E-state index in [1.54, 1.807) is 24.3 Å². The van der Waals surface area contributed by atoms with Crippen molar-refractivity contribution < 1.29 is 9.53 Å². The zero-order valence-electron chi connectivity index (χ0n) is 16.6. The number of nitriles is 1. The van der Waals surface area contributed by atoms with Crippen molar-refractivity contribution in [2.75, 3.05) is 0 Å². The molecular weight excluding hydrogens is 384 g/mol. The lowest BCUT2D eigenvalue weighted by atomic mass is 9.82. The smallest absolute Gasteiger partial charge is 0.257 e. The molecule has 5 rings (SSSR count). The van der Waals surface area contributed by atoms with Crippen LogP contribution in [0.3, 0.4) is 0 Å². The van der Waals surface area contributed by atoms with Crippen LogP contribution in [0, 0.1) is 11.3 Å². The minimum Gasteiger partial charge on any atom is -0.439 e. The molecular formula is C27H18N2O2. The standard InChI is InChI=1S/C27H18N2O2/c28-17-23-24(19-10-3-1-4-11-19)22-16-15-18-9-7-8-14-21(18)25(22)31-27(23)29-26(30)20-12-5-2-6-13-20/h1-16,24H,(H,29,30). The molecule has 1 aliphatic rings. The van der Waals surface area contributed by atoms with E-state index in [1.807, 2.05) is 72.8 Å². The molecule has 4 heteroatoms. The number of nitrogens with one attached hydrogen (secondary N) is 1. The topological polar surface area (TPSA) is 62.1 Å². The molecule has 1 unspecified atom stereocenters. The Labute approximate surface area is 180 Å². The summed E-state index contributed by atoms with van der Waals surface area (Å²) in [5.41, 5.74) is 2.73. The molecule has 4 aromatic carbocycles. The highest BCUT2D eigenvalue weighted by atomic mass is 16.5. The molecule has 0 radical (unpaired) electrons. The van der Waals surface area contributed by atoms with E-state index in [4.69, 9.17) is 4.74 Å². The van der Waals surface area contributed by atoms with Gasteiger partial charge in [-0.1, -0.05) is 84.9 Å². The molecule has 0 aliphatic carbocycles. The summed E-state index contributed by atoms with van der Waals surface area (Å²) in [6, 6.07) is 33.0. The van der Waals surface area contributed by atoms with Crippen molar-refractivity contribution in [1.29, 1.82) is 5.26 Å². The van der Waals surface area contributed by atoms with Gasteiger partial charge < -0.3 is 4.74 Å². The minimum absolute atomic E-state index is 0.175. The van der Waals surface area contributed by atoms with Crippen molar-refractivity contribution in [2.45, 2.75) is 5.92 Å². The van der Waals surface area contributed by atoms with E-state index in [2.05, 4.69) is 11.4 Å². The molecule has 1 atom stereocenters. The number of hydrogen-bond donors (Lipinski definition) is 1. The van der Waals surface area contributed by atoms with Gasteiger partial charge in [0.25, 0.3) is 5.91 Å². The molecule has 0 saturated carbocycles. The summed E-state index contributed by atoms with van der Waals surface area (Å²) in [5.74, 6) is 0.174. The van der Waals surface area contributed by atoms with Crippen LogP contribution in [0.2, 0.25) is 0 Å². The third-order valence-corrected chi connectivity index (χ3v) is 5.47. The van der Waals surface area contributed by atoms with Gasteiger partial charge in [0.2, 0.25) is 5.88 Å². The fraction of sp³-hybridized carbons (Fsp3) is 0.0370. The number of fused-ring (bicyclic) bond motifs is 3. The normalized spacial score (nSPS) is 15.0. The monoisotopic (exact) mass is 402 g/mol. The Morgan fingerprint density at radius 3 is 2.26 bits per heavy atom. The van der Waals surface area contributed by atoms with E-state index in [9.17, 15) is 10.1 Å². The predicted molar refractivity (Wildman–Crippen MR) is 119 cm³/mol. The maximum atomic E-state index is 12.9. The van der Waals surface area contributed by atoms with Crippen LogP contribution >= 0.6 is 0 Å². The first-order valence-corrected chi connectivity index (χ1v) is 10.0. The van der Waals surface area contributed by atoms with Crippen LogP contribution in [-0.4, -0.2) is 5.91 Å². The van der Waals surface area contributed by atoms with E-state index < -0.39 is 0 Å². The van der Waals surface area contributed by atoms with Crippen LogP contribution in [0.4, 0.5) is 0 Å². The van der Waals surface area contributed by atoms with Gasteiger partial charge in [-0.2, -0.15) is 5.26 Å². The third-order valence-electron chi connectivity index (χ3n) is 5.47. The Morgan fingerprint density at radius 1 is 0.839 bits per heavy atom. The van der Waals surface area contributed by atoms with E-state index in [0.29, 0.717) is 16.9 Å². The van der Waals surface area contributed by atoms with Crippen LogP contribution in [0.5, 0.6) is 5.75 Å². The van der Waals surface area contributed by atoms with Crippen molar-refractivity contribution in [1.82, 2.24) is 5.32 Å². The van der Waals surface area contributed by atoms with Crippen LogP contribution in [0.15, 0.2) is 109 Å². The van der Waals surface area contributed by atoms with Crippen LogP contribution < -0.4 is 10.1 Å². The van der Waals surface area contributed by atoms with Gasteiger partial charge in [-0.25, -0.2) is 0 Å². The summed E-state index contributed by atoms with van der Waals surface area (Å²) in [7, 11) is 0. The highest BCUT2D eigenvalue weighted by molar-refractivity contribution is 5.96. The lowest BCUT2D eigenvalue weighted by Crippen LogP contribution is -2.31. The second-order valence-electron chi connectivity index (χ2n) is 7.33. The maximum absolute atomic E-state index is 12.9. The number of hydrogen-bond acceptors (Lipinski definition) is 3. The van der Waals surface area contributed by atoms with Gasteiger partial charge in [-0.3, -0.25) is 10.1 Å². The van der Waals surface area contributed by atoms with Crippen molar-refractivity contribution in [3.8, 4) is 11.8 Å². The molecule has 4 aromatic rings. The van der Waals surface area contributed by atoms with Crippen LogP contribution in [0.25, 0.3) is 10.8 Å². The van der Waals surface area contributed by atoms with E-state index in [0.717, 1.165) is 21.9 Å². The molecule has 1 aliphatic heterocycles. The highest BCUT2D eigenvalue weighted by Crippen LogP contribution is 2.45. The molecule has 0 fully saturated rings. The zero-order chi connectivity index (χ0) is 21.2. The Kier molecular flexibility index (Phi) is 4.70. The molecule has 31 heavy (non-hydrogen) atoms. The number of carbonyl (C=O) groups is 1. The van der Waals surface area contributed by atoms with Crippen molar-refractivity contribution in [3.63, 3.8) is 0 Å². The average molecular weight is 402 g/mol. The summed E-state index contributed by atoms with van der Waals surface area (Å²) < 4.78 is 6.22. The minimum atomic E-state index is -0.342. The van der Waals surface area contributed by atoms with E-state index in [-0.39, 0.29) is 17.7 Å². The summed E-state index contributed by atoms with van der Waals surface area (Å²) in [5, 5.41) is 14.9. The molecule has 1 amide bonds. The zero-order valence-corrected chi connectivity index (χ0v) is 16.6. The molecule has 0 bridgehead atoms. The fourth-order valence-corrected chi connectivity index (χ4v) is 4.01. The number of nitrogens with zero attached hydrogens (tertiary/aromatic N) is 1. The summed E-state index contributed by atoms with van der Waals surface area (Å²) >= 11 is 0. The molecule has 148 valence electrons. The summed E-state index contributed by atoms with van der Waals surface area (Å²) in [6.07, 6.45) is 0. The Bertz CT molecular complexity index is 1350. The number of ether oxygens (including phenoxy) is 1. The van der Waals surface area contributed by atoms with Gasteiger partial charge in [0, 0.05) is 16.5 Å². The summed E-state index contributed by atoms with van der Waals surface area (Å²) in [6.45, 7) is 0. The lowest BCUT2D eigenvalue weighted by Gasteiger charge is -2.29. The second kappa shape index (κ2) is 7.81. The number of carbonyl (C=O) groups excluding carboxylic acids is 1. The van der Waals surface area contributed by atoms with Gasteiger partial charge in [-0.05, 0) is 23.1 Å². The summed E-state index contributed by atoms with van der Waals surface area (Å²) in [4.78, 5) is 12.9.